The van der Waals surface area contributed by atoms with Gasteiger partial charge in [0, 0.05) is 12.0 Å². The van der Waals surface area contributed by atoms with Crippen molar-refractivity contribution in [3.05, 3.63) is 23.3 Å². The van der Waals surface area contributed by atoms with Gasteiger partial charge in [-0.3, -0.25) is 4.79 Å². The van der Waals surface area contributed by atoms with Crippen molar-refractivity contribution in [3.63, 3.8) is 0 Å². The van der Waals surface area contributed by atoms with Gasteiger partial charge < -0.3 is 10.2 Å². The van der Waals surface area contributed by atoms with Crippen molar-refractivity contribution in [2.45, 2.75) is 19.3 Å². The molecule has 0 spiro atoms. The molecule has 0 radical (unpaired) electrons. The lowest BCUT2D eigenvalue weighted by Gasteiger charge is -2.16. The third-order valence-electron chi connectivity index (χ3n) is 2.38. The second kappa shape index (κ2) is 2.76. The molecule has 0 amide bonds. The number of aromatic hydroxyl groups is 2. The number of carbonyl (C=O) groups is 1. The second-order valence-electron chi connectivity index (χ2n) is 3.23. The minimum atomic E-state index is -0.0744. The van der Waals surface area contributed by atoms with Gasteiger partial charge in [0.05, 0.1) is 5.56 Å². The van der Waals surface area contributed by atoms with Crippen LogP contribution in [-0.4, -0.2) is 16.0 Å². The quantitative estimate of drug-likeness (QED) is 0.593. The van der Waals surface area contributed by atoms with E-state index in [0.29, 0.717) is 24.0 Å². The van der Waals surface area contributed by atoms with Crippen LogP contribution in [0, 0.1) is 0 Å². The van der Waals surface area contributed by atoms with E-state index in [1.165, 1.54) is 12.1 Å². The smallest absolute Gasteiger partial charge is 0.167 e. The second-order valence-corrected chi connectivity index (χ2v) is 3.23. The summed E-state index contributed by atoms with van der Waals surface area (Å²) in [6.07, 6.45) is 1.88. The number of carbonyl (C=O) groups excluding carboxylic acids is 1. The first-order valence-electron chi connectivity index (χ1n) is 4.27. The van der Waals surface area contributed by atoms with Crippen LogP contribution in [-0.2, 0) is 6.42 Å². The van der Waals surface area contributed by atoms with Gasteiger partial charge in [0.15, 0.2) is 5.78 Å². The van der Waals surface area contributed by atoms with Gasteiger partial charge in [-0.25, -0.2) is 0 Å². The Morgan fingerprint density at radius 3 is 2.46 bits per heavy atom. The Bertz CT molecular complexity index is 369. The summed E-state index contributed by atoms with van der Waals surface area (Å²) in [5.74, 6) is 0.0213. The van der Waals surface area contributed by atoms with Gasteiger partial charge in [0.1, 0.15) is 11.5 Å². The van der Waals surface area contributed by atoms with Gasteiger partial charge in [-0.1, -0.05) is 0 Å². The van der Waals surface area contributed by atoms with Crippen molar-refractivity contribution in [2.75, 3.05) is 0 Å². The number of phenols is 2. The molecule has 1 aromatic carbocycles. The third kappa shape index (κ3) is 1.16. The summed E-state index contributed by atoms with van der Waals surface area (Å²) >= 11 is 0. The molecule has 0 saturated carbocycles. The fourth-order valence-electron chi connectivity index (χ4n) is 1.74. The summed E-state index contributed by atoms with van der Waals surface area (Å²) < 4.78 is 0. The van der Waals surface area contributed by atoms with E-state index in [4.69, 9.17) is 0 Å². The normalized spacial score (nSPS) is 15.5. The molecule has 0 bridgehead atoms. The number of ketones is 1. The fourth-order valence-corrected chi connectivity index (χ4v) is 1.74. The molecule has 3 heteroatoms. The van der Waals surface area contributed by atoms with Crippen LogP contribution >= 0.6 is 0 Å². The lowest BCUT2D eigenvalue weighted by molar-refractivity contribution is 0.0968. The highest BCUT2D eigenvalue weighted by molar-refractivity contribution is 6.01. The van der Waals surface area contributed by atoms with Crippen LogP contribution in [0.25, 0.3) is 0 Å². The third-order valence-corrected chi connectivity index (χ3v) is 2.38. The number of hydrogen-bond donors (Lipinski definition) is 2. The zero-order valence-electron chi connectivity index (χ0n) is 7.08. The first-order valence-corrected chi connectivity index (χ1v) is 4.27. The average Bonchev–Trinajstić information content (AvgIpc) is 2.12. The summed E-state index contributed by atoms with van der Waals surface area (Å²) in [4.78, 5) is 11.4. The lowest BCUT2D eigenvalue weighted by Crippen LogP contribution is -2.10. The summed E-state index contributed by atoms with van der Waals surface area (Å²) in [6, 6.07) is 2.78. The Kier molecular flexibility index (Phi) is 1.72. The highest BCUT2D eigenvalue weighted by Gasteiger charge is 2.22. The van der Waals surface area contributed by atoms with Crippen LogP contribution in [0.5, 0.6) is 11.5 Å². The fraction of sp³-hybridized carbons (Fsp3) is 0.300. The lowest BCUT2D eigenvalue weighted by atomic mass is 9.89. The van der Waals surface area contributed by atoms with Crippen molar-refractivity contribution in [1.29, 1.82) is 0 Å². The van der Waals surface area contributed by atoms with E-state index in [1.807, 2.05) is 0 Å². The Morgan fingerprint density at radius 2 is 1.77 bits per heavy atom. The van der Waals surface area contributed by atoms with Crippen molar-refractivity contribution in [2.24, 2.45) is 0 Å². The van der Waals surface area contributed by atoms with E-state index in [0.717, 1.165) is 6.42 Å². The molecule has 2 N–H and O–H groups in total. The monoisotopic (exact) mass is 178 g/mol. The van der Waals surface area contributed by atoms with E-state index >= 15 is 0 Å². The van der Waals surface area contributed by atoms with Crippen molar-refractivity contribution in [1.82, 2.24) is 0 Å². The number of hydrogen-bond acceptors (Lipinski definition) is 3. The van der Waals surface area contributed by atoms with Crippen LogP contribution < -0.4 is 0 Å². The topological polar surface area (TPSA) is 57.5 Å². The molecule has 0 atom stereocenters. The van der Waals surface area contributed by atoms with Gasteiger partial charge in [-0.2, -0.15) is 0 Å². The molecule has 0 aromatic heterocycles. The molecule has 1 aromatic rings. The number of fused-ring (bicyclic) bond motifs is 1. The van der Waals surface area contributed by atoms with Crippen LogP contribution in [0.2, 0.25) is 0 Å². The molecule has 0 unspecified atom stereocenters. The summed E-state index contributed by atoms with van der Waals surface area (Å²) in [5, 5.41) is 18.9. The van der Waals surface area contributed by atoms with Crippen molar-refractivity contribution >= 4 is 5.78 Å². The standard InChI is InChI=1S/C10H10O3/c11-7-4-5-9(13)10-6(7)2-1-3-8(10)12/h4-5,11,13H,1-3H2. The Hall–Kier alpha value is -1.51. The average molecular weight is 178 g/mol. The molecule has 3 nitrogen and oxygen atoms in total. The number of phenolic OH excluding ortho intramolecular Hbond substituents is 2. The Morgan fingerprint density at radius 1 is 1.08 bits per heavy atom. The maximum atomic E-state index is 11.4. The molecule has 68 valence electrons. The van der Waals surface area contributed by atoms with E-state index in [2.05, 4.69) is 0 Å². The van der Waals surface area contributed by atoms with E-state index < -0.39 is 0 Å². The Labute approximate surface area is 75.6 Å². The molecular weight excluding hydrogens is 168 g/mol. The maximum Gasteiger partial charge on any atom is 0.167 e. The van der Waals surface area contributed by atoms with Crippen molar-refractivity contribution in [3.8, 4) is 11.5 Å². The number of benzene rings is 1. The van der Waals surface area contributed by atoms with Crippen molar-refractivity contribution < 1.29 is 15.0 Å². The summed E-state index contributed by atoms with van der Waals surface area (Å²) in [6.45, 7) is 0. The summed E-state index contributed by atoms with van der Waals surface area (Å²) in [5.41, 5.74) is 0.905. The molecule has 2 rings (SSSR count). The SMILES string of the molecule is O=C1CCCc2c(O)ccc(O)c21. The van der Waals surface area contributed by atoms with Gasteiger partial charge in [-0.05, 0) is 25.0 Å². The van der Waals surface area contributed by atoms with Crippen LogP contribution in [0.4, 0.5) is 0 Å². The van der Waals surface area contributed by atoms with E-state index in [1.54, 1.807) is 0 Å². The van der Waals surface area contributed by atoms with Gasteiger partial charge in [0.25, 0.3) is 0 Å². The predicted molar refractivity (Wildman–Crippen MR) is 47.0 cm³/mol. The molecular formula is C10H10O3. The van der Waals surface area contributed by atoms with Crippen LogP contribution in [0.15, 0.2) is 12.1 Å². The van der Waals surface area contributed by atoms with Gasteiger partial charge in [0.2, 0.25) is 0 Å². The first kappa shape index (κ1) is 8.10. The first-order chi connectivity index (χ1) is 6.20. The Balaban J connectivity index is 2.67. The predicted octanol–water partition coefficient (Wildman–Crippen LogP) is 1.62. The largest absolute Gasteiger partial charge is 0.508 e. The van der Waals surface area contributed by atoms with E-state index in [-0.39, 0.29) is 17.3 Å². The van der Waals surface area contributed by atoms with Crippen LogP contribution in [0.1, 0.15) is 28.8 Å². The molecule has 0 saturated heterocycles. The highest BCUT2D eigenvalue weighted by atomic mass is 16.3. The molecule has 0 fully saturated rings. The zero-order valence-corrected chi connectivity index (χ0v) is 7.08. The highest BCUT2D eigenvalue weighted by Crippen LogP contribution is 2.34. The molecule has 0 heterocycles. The molecule has 1 aliphatic rings. The molecule has 1 aliphatic carbocycles. The number of rotatable bonds is 0. The maximum absolute atomic E-state index is 11.4. The minimum absolute atomic E-state index is 0.0162. The summed E-state index contributed by atoms with van der Waals surface area (Å²) in [7, 11) is 0. The van der Waals surface area contributed by atoms with Crippen LogP contribution in [0.3, 0.4) is 0 Å². The molecule has 13 heavy (non-hydrogen) atoms. The van der Waals surface area contributed by atoms with Gasteiger partial charge in [-0.15, -0.1) is 0 Å². The van der Waals surface area contributed by atoms with E-state index in [9.17, 15) is 15.0 Å². The minimum Gasteiger partial charge on any atom is -0.508 e. The molecule has 0 aliphatic heterocycles. The zero-order chi connectivity index (χ0) is 9.42. The van der Waals surface area contributed by atoms with Gasteiger partial charge >= 0.3 is 0 Å². The number of Topliss-reactive ketones (excluding diaryl/α,β-unsaturated/α-hetero) is 1.